The van der Waals surface area contributed by atoms with Crippen molar-refractivity contribution in [1.82, 2.24) is 9.97 Å². The van der Waals surface area contributed by atoms with E-state index >= 15 is 0 Å². The Labute approximate surface area is 58.2 Å². The summed E-state index contributed by atoms with van der Waals surface area (Å²) in [4.78, 5) is 7.32. The Hall–Kier alpha value is -1.00. The molecule has 0 aliphatic carbocycles. The highest BCUT2D eigenvalue weighted by Crippen LogP contribution is 2.04. The second-order valence-corrected chi connectivity index (χ2v) is 1.77. The van der Waals surface area contributed by atoms with E-state index in [9.17, 15) is 0 Å². The number of aromatic nitrogens is 2. The average molecular weight is 139 g/mol. The van der Waals surface area contributed by atoms with E-state index in [-0.39, 0.29) is 6.61 Å². The van der Waals surface area contributed by atoms with Crippen LogP contribution in [0.15, 0.2) is 12.4 Å². The zero-order chi connectivity index (χ0) is 7.40. The molecule has 1 rings (SSSR count). The summed E-state index contributed by atoms with van der Waals surface area (Å²) >= 11 is 0. The Morgan fingerprint density at radius 2 is 2.50 bits per heavy atom. The lowest BCUT2D eigenvalue weighted by Gasteiger charge is -2.02. The minimum absolute atomic E-state index is 0.335. The van der Waals surface area contributed by atoms with Gasteiger partial charge in [0.25, 0.3) is 0 Å². The number of hydrogen-bond acceptors (Lipinski definition) is 4. The van der Waals surface area contributed by atoms with Gasteiger partial charge < -0.3 is 10.2 Å². The number of rotatable bonds is 2. The molecule has 0 aliphatic rings. The van der Waals surface area contributed by atoms with Crippen molar-refractivity contribution in [2.24, 2.45) is 0 Å². The van der Waals surface area contributed by atoms with Crippen LogP contribution in [0.25, 0.3) is 0 Å². The Morgan fingerprint density at radius 1 is 1.70 bits per heavy atom. The fourth-order valence-corrected chi connectivity index (χ4v) is 0.539. The van der Waals surface area contributed by atoms with Crippen molar-refractivity contribution < 1.29 is 10.2 Å². The molecule has 0 unspecified atom stereocenters. The first-order valence-corrected chi connectivity index (χ1v) is 2.81. The summed E-state index contributed by atoms with van der Waals surface area (Å²) in [6, 6.07) is 0. The van der Waals surface area contributed by atoms with Gasteiger partial charge in [0.2, 0.25) is 0 Å². The van der Waals surface area contributed by atoms with Gasteiger partial charge in [0.05, 0.1) is 24.7 Å². The first kappa shape index (κ1) is 7.11. The highest BCUT2D eigenvalue weighted by molar-refractivity contribution is 4.97. The van der Waals surface area contributed by atoms with Crippen molar-refractivity contribution in [3.05, 3.63) is 24.3 Å². The van der Waals surface area contributed by atoms with Gasteiger partial charge in [0.1, 0.15) is 12.3 Å². The van der Waals surface area contributed by atoms with Crippen molar-refractivity contribution in [3.63, 3.8) is 0 Å². The molecule has 1 aromatic heterocycles. The van der Waals surface area contributed by atoms with Crippen LogP contribution >= 0.6 is 0 Å². The number of hydrogen-bond donors (Lipinski definition) is 2. The van der Waals surface area contributed by atoms with Crippen LogP contribution in [-0.4, -0.2) is 26.8 Å². The van der Waals surface area contributed by atoms with Gasteiger partial charge in [-0.2, -0.15) is 0 Å². The molecule has 0 aromatic carbocycles. The zero-order valence-corrected chi connectivity index (χ0v) is 5.23. The first-order valence-electron chi connectivity index (χ1n) is 2.81. The molecule has 1 heterocycles. The molecule has 4 nitrogen and oxygen atoms in total. The molecule has 0 bridgehead atoms. The number of aliphatic hydroxyl groups excluding tert-OH is 2. The first-order chi connectivity index (χ1) is 4.84. The molecular formula is C6H7N2O2. The molecule has 1 radical (unpaired) electrons. The third kappa shape index (κ3) is 1.49. The molecule has 0 amide bonds. The van der Waals surface area contributed by atoms with Crippen molar-refractivity contribution in [3.8, 4) is 0 Å². The lowest BCUT2D eigenvalue weighted by Crippen LogP contribution is -2.04. The topological polar surface area (TPSA) is 66.2 Å². The third-order valence-electron chi connectivity index (χ3n) is 1.06. The van der Waals surface area contributed by atoms with Crippen LogP contribution in [0.2, 0.25) is 0 Å². The highest BCUT2D eigenvalue weighted by atomic mass is 16.3. The number of aliphatic hydroxyl groups is 2. The highest BCUT2D eigenvalue weighted by Gasteiger charge is 2.05. The molecule has 10 heavy (non-hydrogen) atoms. The third-order valence-corrected chi connectivity index (χ3v) is 1.06. The quantitative estimate of drug-likeness (QED) is 0.568. The van der Waals surface area contributed by atoms with Gasteiger partial charge in [-0.25, -0.2) is 0 Å². The van der Waals surface area contributed by atoms with Crippen LogP contribution in [0, 0.1) is 6.20 Å². The molecule has 53 valence electrons. The van der Waals surface area contributed by atoms with E-state index in [1.165, 1.54) is 12.4 Å². The summed E-state index contributed by atoms with van der Waals surface area (Å²) in [5, 5.41) is 17.4. The average Bonchev–Trinajstić information content (AvgIpc) is 2.05. The fourth-order valence-electron chi connectivity index (χ4n) is 0.539. The van der Waals surface area contributed by atoms with Gasteiger partial charge >= 0.3 is 0 Å². The SMILES string of the molecule is OC[C@@H](O)c1cn[c]cn1. The van der Waals surface area contributed by atoms with Crippen molar-refractivity contribution >= 4 is 0 Å². The molecule has 1 aromatic rings. The summed E-state index contributed by atoms with van der Waals surface area (Å²) in [7, 11) is 0. The second-order valence-electron chi connectivity index (χ2n) is 1.77. The van der Waals surface area contributed by atoms with Crippen LogP contribution in [0.1, 0.15) is 11.8 Å². The summed E-state index contributed by atoms with van der Waals surface area (Å²) in [5.41, 5.74) is 0.362. The van der Waals surface area contributed by atoms with E-state index in [0.717, 1.165) is 0 Å². The molecular weight excluding hydrogens is 132 g/mol. The van der Waals surface area contributed by atoms with E-state index in [4.69, 9.17) is 10.2 Å². The predicted octanol–water partition coefficient (Wildman–Crippen LogP) is -0.698. The smallest absolute Gasteiger partial charge is 0.120 e. The molecule has 0 fully saturated rings. The molecule has 1 atom stereocenters. The predicted molar refractivity (Wildman–Crippen MR) is 32.9 cm³/mol. The Bertz CT molecular complexity index is 190. The maximum Gasteiger partial charge on any atom is 0.120 e. The Kier molecular flexibility index (Phi) is 2.30. The summed E-state index contributed by atoms with van der Waals surface area (Å²) < 4.78 is 0. The van der Waals surface area contributed by atoms with E-state index in [0.29, 0.717) is 5.69 Å². The summed E-state index contributed by atoms with van der Waals surface area (Å²) in [6.45, 7) is -0.335. The summed E-state index contributed by atoms with van der Waals surface area (Å²) in [5.74, 6) is 0. The molecule has 2 N–H and O–H groups in total. The number of nitrogens with zero attached hydrogens (tertiary/aromatic N) is 2. The zero-order valence-electron chi connectivity index (χ0n) is 5.23. The van der Waals surface area contributed by atoms with Crippen LogP contribution in [0.4, 0.5) is 0 Å². The van der Waals surface area contributed by atoms with Crippen LogP contribution in [0.3, 0.4) is 0 Å². The van der Waals surface area contributed by atoms with Crippen molar-refractivity contribution in [2.75, 3.05) is 6.61 Å². The van der Waals surface area contributed by atoms with E-state index in [1.54, 1.807) is 0 Å². The lowest BCUT2D eigenvalue weighted by molar-refractivity contribution is 0.0919. The van der Waals surface area contributed by atoms with E-state index in [2.05, 4.69) is 16.2 Å². The van der Waals surface area contributed by atoms with Gasteiger partial charge in [0, 0.05) is 0 Å². The van der Waals surface area contributed by atoms with Crippen molar-refractivity contribution in [2.45, 2.75) is 6.10 Å². The maximum atomic E-state index is 8.96. The van der Waals surface area contributed by atoms with Crippen LogP contribution < -0.4 is 0 Å². The van der Waals surface area contributed by atoms with E-state index in [1.807, 2.05) is 0 Å². The minimum Gasteiger partial charge on any atom is -0.393 e. The fraction of sp³-hybridized carbons (Fsp3) is 0.333. The molecule has 4 heteroatoms. The van der Waals surface area contributed by atoms with E-state index < -0.39 is 6.10 Å². The second kappa shape index (κ2) is 3.24. The summed E-state index contributed by atoms with van der Waals surface area (Å²) in [6.07, 6.45) is 4.23. The molecule has 0 saturated carbocycles. The monoisotopic (exact) mass is 139 g/mol. The Balaban J connectivity index is 2.75. The van der Waals surface area contributed by atoms with Crippen LogP contribution in [0.5, 0.6) is 0 Å². The largest absolute Gasteiger partial charge is 0.393 e. The minimum atomic E-state index is -0.929. The Morgan fingerprint density at radius 3 is 3.00 bits per heavy atom. The standard InChI is InChI=1S/C6H7N2O2/c9-4-6(10)5-3-7-1-2-8-5/h2-3,6,9-10H,4H2/t6-/m1/s1. The lowest BCUT2D eigenvalue weighted by atomic mass is 10.3. The van der Waals surface area contributed by atoms with Crippen molar-refractivity contribution in [1.29, 1.82) is 0 Å². The molecule has 0 aliphatic heterocycles. The molecule has 0 spiro atoms. The van der Waals surface area contributed by atoms with Gasteiger partial charge in [-0.15, -0.1) is 0 Å². The van der Waals surface area contributed by atoms with Gasteiger partial charge in [-0.05, 0) is 0 Å². The van der Waals surface area contributed by atoms with Crippen LogP contribution in [-0.2, 0) is 0 Å². The normalized spacial score (nSPS) is 13.0. The van der Waals surface area contributed by atoms with Gasteiger partial charge in [0.15, 0.2) is 0 Å². The van der Waals surface area contributed by atoms with Gasteiger partial charge in [-0.3, -0.25) is 9.97 Å². The van der Waals surface area contributed by atoms with Gasteiger partial charge in [-0.1, -0.05) is 0 Å². The maximum absolute atomic E-state index is 8.96. The molecule has 0 saturated heterocycles.